The van der Waals surface area contributed by atoms with Crippen LogP contribution in [0.1, 0.15) is 29.3 Å². The molecule has 0 aliphatic carbocycles. The number of aryl methyl sites for hydroxylation is 1. The monoisotopic (exact) mass is 388 g/mol. The highest BCUT2D eigenvalue weighted by atomic mass is 35.5. The van der Waals surface area contributed by atoms with Crippen LogP contribution in [0, 0.1) is 5.82 Å². The smallest absolute Gasteiger partial charge is 0.127 e. The van der Waals surface area contributed by atoms with Gasteiger partial charge in [0.1, 0.15) is 5.82 Å². The zero-order valence-electron chi connectivity index (χ0n) is 14.2. The van der Waals surface area contributed by atoms with Crippen LogP contribution in [0.15, 0.2) is 60.8 Å². The number of hydrogen-bond acceptors (Lipinski definition) is 1. The third kappa shape index (κ3) is 3.39. The predicted octanol–water partition coefficient (Wildman–Crippen LogP) is 5.93. The molecular weight excluding hydrogens is 370 g/mol. The largest absolute Gasteiger partial charge is 0.350 e. The molecule has 134 valence electrons. The van der Waals surface area contributed by atoms with Crippen LogP contribution >= 0.6 is 23.2 Å². The lowest BCUT2D eigenvalue weighted by atomic mass is 10.0. The van der Waals surface area contributed by atoms with Gasteiger partial charge in [0.2, 0.25) is 0 Å². The van der Waals surface area contributed by atoms with Crippen LogP contribution in [0.2, 0.25) is 10.0 Å². The van der Waals surface area contributed by atoms with Crippen LogP contribution in [0.3, 0.4) is 0 Å². The second-order valence-corrected chi connectivity index (χ2v) is 7.43. The lowest BCUT2D eigenvalue weighted by molar-refractivity contribution is 0.217. The van der Waals surface area contributed by atoms with Crippen LogP contribution in [0.5, 0.6) is 0 Å². The molecule has 2 nitrogen and oxygen atoms in total. The topological polar surface area (TPSA) is 8.17 Å². The van der Waals surface area contributed by atoms with E-state index in [0.717, 1.165) is 25.1 Å². The number of nitrogens with zero attached hydrogens (tertiary/aromatic N) is 2. The Kier molecular flexibility index (Phi) is 5.03. The summed E-state index contributed by atoms with van der Waals surface area (Å²) in [6.45, 7) is 2.37. The van der Waals surface area contributed by atoms with E-state index in [0.29, 0.717) is 22.2 Å². The summed E-state index contributed by atoms with van der Waals surface area (Å²) in [6.07, 6.45) is 3.11. The fourth-order valence-electron chi connectivity index (χ4n) is 3.72. The average molecular weight is 389 g/mol. The molecule has 0 radical (unpaired) electrons. The minimum Gasteiger partial charge on any atom is -0.350 e. The molecule has 2 heterocycles. The molecule has 0 saturated heterocycles. The first-order chi connectivity index (χ1) is 12.6. The third-order valence-corrected chi connectivity index (χ3v) is 5.68. The summed E-state index contributed by atoms with van der Waals surface area (Å²) < 4.78 is 16.5. The Bertz CT molecular complexity index is 922. The highest BCUT2D eigenvalue weighted by Crippen LogP contribution is 2.35. The minimum absolute atomic E-state index is 0.00173. The summed E-state index contributed by atoms with van der Waals surface area (Å²) in [4.78, 5) is 2.32. The zero-order valence-corrected chi connectivity index (χ0v) is 15.7. The van der Waals surface area contributed by atoms with Crippen molar-refractivity contribution in [3.63, 3.8) is 0 Å². The molecule has 5 heteroatoms. The van der Waals surface area contributed by atoms with E-state index >= 15 is 0 Å². The van der Waals surface area contributed by atoms with Crippen LogP contribution in [0.25, 0.3) is 0 Å². The molecule has 0 fully saturated rings. The first-order valence-corrected chi connectivity index (χ1v) is 9.46. The van der Waals surface area contributed by atoms with E-state index in [1.165, 1.54) is 11.8 Å². The molecule has 1 aromatic heterocycles. The van der Waals surface area contributed by atoms with Gasteiger partial charge in [0.15, 0.2) is 0 Å². The van der Waals surface area contributed by atoms with Gasteiger partial charge in [-0.3, -0.25) is 4.90 Å². The van der Waals surface area contributed by atoms with Crippen LogP contribution in [0.4, 0.5) is 4.39 Å². The Balaban J connectivity index is 1.78. The fourth-order valence-corrected chi connectivity index (χ4v) is 4.03. The standard InChI is InChI=1S/C21H19Cl2FN2/c22-17-9-8-15(13-18(17)23)21-20-7-3-10-25(20)11-4-12-26(21)14-16-5-1-2-6-19(16)24/h1-3,5-10,13,21H,4,11-12,14H2/t21-/m0/s1. The summed E-state index contributed by atoms with van der Waals surface area (Å²) in [7, 11) is 0. The number of halogens is 3. The molecule has 2 aromatic carbocycles. The highest BCUT2D eigenvalue weighted by molar-refractivity contribution is 6.42. The van der Waals surface area contributed by atoms with Gasteiger partial charge in [-0.2, -0.15) is 0 Å². The van der Waals surface area contributed by atoms with E-state index in [1.807, 2.05) is 30.3 Å². The Labute approximate surface area is 162 Å². The summed E-state index contributed by atoms with van der Waals surface area (Å²) in [5.74, 6) is -0.167. The van der Waals surface area contributed by atoms with E-state index in [4.69, 9.17) is 23.2 Å². The molecule has 26 heavy (non-hydrogen) atoms. The molecule has 0 unspecified atom stereocenters. The highest BCUT2D eigenvalue weighted by Gasteiger charge is 2.28. The van der Waals surface area contributed by atoms with Gasteiger partial charge < -0.3 is 4.57 Å². The van der Waals surface area contributed by atoms with Gasteiger partial charge in [-0.05, 0) is 42.3 Å². The molecule has 0 bridgehead atoms. The van der Waals surface area contributed by atoms with E-state index in [1.54, 1.807) is 6.07 Å². The van der Waals surface area contributed by atoms with Crippen LogP contribution < -0.4 is 0 Å². The molecule has 0 saturated carbocycles. The predicted molar refractivity (Wildman–Crippen MR) is 104 cm³/mol. The molecule has 0 spiro atoms. The number of hydrogen-bond donors (Lipinski definition) is 0. The van der Waals surface area contributed by atoms with Crippen molar-refractivity contribution in [3.8, 4) is 0 Å². The Morgan fingerprint density at radius 3 is 2.62 bits per heavy atom. The molecule has 1 atom stereocenters. The van der Waals surface area contributed by atoms with Gasteiger partial charge in [-0.15, -0.1) is 0 Å². The van der Waals surface area contributed by atoms with Crippen molar-refractivity contribution < 1.29 is 4.39 Å². The molecule has 1 aliphatic rings. The molecule has 3 aromatic rings. The Hall–Kier alpha value is -1.81. The first kappa shape index (κ1) is 17.6. The zero-order chi connectivity index (χ0) is 18.1. The number of benzene rings is 2. The quantitative estimate of drug-likeness (QED) is 0.539. The third-order valence-electron chi connectivity index (χ3n) is 4.94. The number of fused-ring (bicyclic) bond motifs is 1. The lowest BCUT2D eigenvalue weighted by Crippen LogP contribution is -2.29. The van der Waals surface area contributed by atoms with E-state index in [-0.39, 0.29) is 11.9 Å². The summed E-state index contributed by atoms with van der Waals surface area (Å²) >= 11 is 12.4. The Morgan fingerprint density at radius 2 is 1.81 bits per heavy atom. The molecule has 4 rings (SSSR count). The van der Waals surface area contributed by atoms with Crippen molar-refractivity contribution in [2.24, 2.45) is 0 Å². The van der Waals surface area contributed by atoms with Crippen LogP contribution in [-0.2, 0) is 13.1 Å². The van der Waals surface area contributed by atoms with E-state index < -0.39 is 0 Å². The van der Waals surface area contributed by atoms with Crippen LogP contribution in [-0.4, -0.2) is 16.0 Å². The van der Waals surface area contributed by atoms with Crippen molar-refractivity contribution in [2.75, 3.05) is 6.54 Å². The maximum atomic E-state index is 14.3. The van der Waals surface area contributed by atoms with Gasteiger partial charge in [-0.25, -0.2) is 4.39 Å². The molecule has 0 amide bonds. The van der Waals surface area contributed by atoms with Crippen molar-refractivity contribution >= 4 is 23.2 Å². The first-order valence-electron chi connectivity index (χ1n) is 8.71. The van der Waals surface area contributed by atoms with Gasteiger partial charge in [-0.1, -0.05) is 47.5 Å². The Morgan fingerprint density at radius 1 is 0.962 bits per heavy atom. The van der Waals surface area contributed by atoms with Crippen molar-refractivity contribution in [1.82, 2.24) is 9.47 Å². The maximum Gasteiger partial charge on any atom is 0.127 e. The van der Waals surface area contributed by atoms with Gasteiger partial charge in [0, 0.05) is 37.1 Å². The SMILES string of the molecule is Fc1ccccc1CN1CCCn2cccc2[C@@H]1c1ccc(Cl)c(Cl)c1. The molecule has 1 aliphatic heterocycles. The number of rotatable bonds is 3. The van der Waals surface area contributed by atoms with Gasteiger partial charge >= 0.3 is 0 Å². The summed E-state index contributed by atoms with van der Waals surface area (Å²) in [5.41, 5.74) is 2.97. The van der Waals surface area contributed by atoms with Gasteiger partial charge in [0.25, 0.3) is 0 Å². The second-order valence-electron chi connectivity index (χ2n) is 6.62. The van der Waals surface area contributed by atoms with Crippen molar-refractivity contribution in [1.29, 1.82) is 0 Å². The summed E-state index contributed by atoms with van der Waals surface area (Å²) in [5, 5.41) is 1.08. The van der Waals surface area contributed by atoms with Crippen molar-refractivity contribution in [2.45, 2.75) is 25.6 Å². The average Bonchev–Trinajstić information content (AvgIpc) is 3.01. The maximum absolute atomic E-state index is 14.3. The molecular formula is C21H19Cl2FN2. The van der Waals surface area contributed by atoms with Gasteiger partial charge in [0.05, 0.1) is 16.1 Å². The minimum atomic E-state index is -0.167. The number of aromatic nitrogens is 1. The second kappa shape index (κ2) is 7.43. The van der Waals surface area contributed by atoms with E-state index in [2.05, 4.69) is 27.8 Å². The fraction of sp³-hybridized carbons (Fsp3) is 0.238. The normalized spacial score (nSPS) is 17.7. The lowest BCUT2D eigenvalue weighted by Gasteiger charge is -2.31. The summed E-state index contributed by atoms with van der Waals surface area (Å²) in [6, 6.07) is 16.9. The molecule has 0 N–H and O–H groups in total. The van der Waals surface area contributed by atoms with Crippen molar-refractivity contribution in [3.05, 3.63) is 93.5 Å². The van der Waals surface area contributed by atoms with E-state index in [9.17, 15) is 4.39 Å².